The fraction of sp³-hybridized carbons (Fsp3) is 0.611. The van der Waals surface area contributed by atoms with Crippen molar-refractivity contribution in [3.63, 3.8) is 0 Å². The molecule has 0 radical (unpaired) electrons. The minimum absolute atomic E-state index is 0.0441. The van der Waals surface area contributed by atoms with Gasteiger partial charge in [-0.3, -0.25) is 28.8 Å². The smallest absolute Gasteiger partial charge is 0.326 e. The molecular weight excluding hydrogens is 476 g/mol. The molecule has 0 fully saturated rings. The van der Waals surface area contributed by atoms with Gasteiger partial charge in [0.15, 0.2) is 0 Å². The van der Waals surface area contributed by atoms with Crippen molar-refractivity contribution in [3.8, 4) is 0 Å². The summed E-state index contributed by atoms with van der Waals surface area (Å²) < 4.78 is 0. The minimum atomic E-state index is -1.63. The largest absolute Gasteiger partial charge is 0.481 e. The van der Waals surface area contributed by atoms with E-state index in [2.05, 4.69) is 16.0 Å². The Kier molecular flexibility index (Phi) is 13.9. The Labute approximate surface area is 198 Å². The van der Waals surface area contributed by atoms with E-state index in [0.717, 1.165) is 0 Å². The second-order valence-corrected chi connectivity index (χ2v) is 8.17. The van der Waals surface area contributed by atoms with Gasteiger partial charge >= 0.3 is 11.9 Å². The first-order chi connectivity index (χ1) is 15.8. The molecule has 11 N–H and O–H groups in total. The van der Waals surface area contributed by atoms with Gasteiger partial charge in [-0.15, -0.1) is 0 Å². The number of carboxylic acids is 2. The van der Waals surface area contributed by atoms with E-state index in [1.54, 1.807) is 6.26 Å². The van der Waals surface area contributed by atoms with Crippen LogP contribution in [-0.2, 0) is 33.6 Å². The second-order valence-electron chi connectivity index (χ2n) is 7.18. The van der Waals surface area contributed by atoms with Gasteiger partial charge in [0.1, 0.15) is 18.1 Å². The van der Waals surface area contributed by atoms with Crippen LogP contribution in [-0.4, -0.2) is 87.9 Å². The van der Waals surface area contributed by atoms with Gasteiger partial charge < -0.3 is 43.4 Å². The number of carbonyl (C=O) groups is 7. The summed E-state index contributed by atoms with van der Waals surface area (Å²) in [6, 6.07) is -5.74. The zero-order valence-electron chi connectivity index (χ0n) is 18.4. The summed E-state index contributed by atoms with van der Waals surface area (Å²) in [7, 11) is 0. The maximum absolute atomic E-state index is 12.8. The molecule has 0 aliphatic heterocycles. The van der Waals surface area contributed by atoms with Crippen molar-refractivity contribution < 1.29 is 43.8 Å². The van der Waals surface area contributed by atoms with Crippen LogP contribution >= 0.6 is 11.8 Å². The second kappa shape index (κ2) is 15.4. The van der Waals surface area contributed by atoms with Crippen molar-refractivity contribution in [1.29, 1.82) is 0 Å². The number of thioether (sulfide) groups is 1. The summed E-state index contributed by atoms with van der Waals surface area (Å²) in [5.74, 6) is -7.07. The number of hydrogen-bond donors (Lipinski definition) is 8. The van der Waals surface area contributed by atoms with Crippen LogP contribution in [0.25, 0.3) is 0 Å². The van der Waals surface area contributed by atoms with Crippen LogP contribution in [0.3, 0.4) is 0 Å². The number of carbonyl (C=O) groups excluding carboxylic acids is 5. The van der Waals surface area contributed by atoms with Crippen molar-refractivity contribution in [2.45, 2.75) is 56.3 Å². The lowest BCUT2D eigenvalue weighted by molar-refractivity contribution is -0.143. The summed E-state index contributed by atoms with van der Waals surface area (Å²) in [5, 5.41) is 24.8. The van der Waals surface area contributed by atoms with Gasteiger partial charge in [-0.1, -0.05) is 0 Å². The predicted molar refractivity (Wildman–Crippen MR) is 119 cm³/mol. The maximum atomic E-state index is 12.8. The van der Waals surface area contributed by atoms with E-state index in [1.165, 1.54) is 11.8 Å². The standard InChI is InChI=1S/C18H30N6O9S/c1-34-5-4-10(17(31)24-11(18(32)33)7-13(21)26)23-16(30)9(2-3-14(27)28)22-15(29)8(19)6-12(20)25/h8-11H,2-7,19H2,1H3,(H2,20,25)(H2,21,26)(H,22,29)(H,23,30)(H,24,31)(H,27,28)(H,32,33). The van der Waals surface area contributed by atoms with Crippen LogP contribution in [0.2, 0.25) is 0 Å². The summed E-state index contributed by atoms with van der Waals surface area (Å²) in [6.07, 6.45) is -0.326. The van der Waals surface area contributed by atoms with Gasteiger partial charge in [-0.25, -0.2) is 4.79 Å². The third-order valence-electron chi connectivity index (χ3n) is 4.30. The van der Waals surface area contributed by atoms with Crippen molar-refractivity contribution >= 4 is 53.2 Å². The Morgan fingerprint density at radius 2 is 1.24 bits per heavy atom. The molecule has 0 spiro atoms. The minimum Gasteiger partial charge on any atom is -0.481 e. The number of primary amides is 2. The van der Waals surface area contributed by atoms with Crippen molar-refractivity contribution in [3.05, 3.63) is 0 Å². The van der Waals surface area contributed by atoms with Crippen molar-refractivity contribution in [2.75, 3.05) is 12.0 Å². The van der Waals surface area contributed by atoms with Gasteiger partial charge in [-0.05, 0) is 24.9 Å². The SMILES string of the molecule is CSCCC(NC(=O)C(CCC(=O)O)NC(=O)C(N)CC(N)=O)C(=O)NC(CC(N)=O)C(=O)O. The molecule has 0 saturated carbocycles. The first-order valence-corrected chi connectivity index (χ1v) is 11.3. The van der Waals surface area contributed by atoms with Crippen LogP contribution in [0, 0.1) is 0 Å². The van der Waals surface area contributed by atoms with E-state index in [4.69, 9.17) is 22.3 Å². The van der Waals surface area contributed by atoms with Crippen LogP contribution in [0.4, 0.5) is 0 Å². The van der Waals surface area contributed by atoms with Crippen molar-refractivity contribution in [2.24, 2.45) is 17.2 Å². The molecular formula is C18H30N6O9S. The average molecular weight is 507 g/mol. The lowest BCUT2D eigenvalue weighted by Gasteiger charge is -2.24. The van der Waals surface area contributed by atoms with Crippen LogP contribution in [0.15, 0.2) is 0 Å². The van der Waals surface area contributed by atoms with E-state index in [1.807, 2.05) is 0 Å². The van der Waals surface area contributed by atoms with Crippen molar-refractivity contribution in [1.82, 2.24) is 16.0 Å². The van der Waals surface area contributed by atoms with Gasteiger partial charge in [0.25, 0.3) is 0 Å². The predicted octanol–water partition coefficient (Wildman–Crippen LogP) is -3.78. The topological polar surface area (TPSA) is 274 Å². The number of nitrogens with one attached hydrogen (secondary N) is 3. The summed E-state index contributed by atoms with van der Waals surface area (Å²) >= 11 is 1.32. The zero-order valence-corrected chi connectivity index (χ0v) is 19.3. The van der Waals surface area contributed by atoms with E-state index in [-0.39, 0.29) is 12.8 Å². The lowest BCUT2D eigenvalue weighted by atomic mass is 10.1. The lowest BCUT2D eigenvalue weighted by Crippen LogP contribution is -2.57. The third-order valence-corrected chi connectivity index (χ3v) is 4.95. The summed E-state index contributed by atoms with van der Waals surface area (Å²) in [4.78, 5) is 81.8. The molecule has 5 amide bonds. The highest BCUT2D eigenvalue weighted by Crippen LogP contribution is 2.06. The number of nitrogens with two attached hydrogens (primary N) is 3. The molecule has 4 unspecified atom stereocenters. The average Bonchev–Trinajstić information content (AvgIpc) is 2.71. The molecule has 0 rings (SSSR count). The molecule has 0 aromatic carbocycles. The van der Waals surface area contributed by atoms with Gasteiger partial charge in [0.05, 0.1) is 18.9 Å². The Morgan fingerprint density at radius 1 is 0.765 bits per heavy atom. The van der Waals surface area contributed by atoms with Gasteiger partial charge in [0.2, 0.25) is 29.5 Å². The number of hydrogen-bond acceptors (Lipinski definition) is 9. The quantitative estimate of drug-likeness (QED) is 0.0947. The number of aliphatic carboxylic acids is 2. The molecule has 192 valence electrons. The summed E-state index contributed by atoms with van der Waals surface area (Å²) in [5.41, 5.74) is 15.5. The highest BCUT2D eigenvalue weighted by molar-refractivity contribution is 7.98. The van der Waals surface area contributed by atoms with Gasteiger partial charge in [-0.2, -0.15) is 11.8 Å². The molecule has 0 bridgehead atoms. The molecule has 0 aliphatic carbocycles. The van der Waals surface area contributed by atoms with Crippen LogP contribution in [0.1, 0.15) is 32.1 Å². The van der Waals surface area contributed by atoms with E-state index < -0.39 is 84.9 Å². The van der Waals surface area contributed by atoms with Gasteiger partial charge in [0, 0.05) is 6.42 Å². The number of carboxylic acid groups (broad SMARTS) is 2. The number of amides is 5. The Morgan fingerprint density at radius 3 is 1.68 bits per heavy atom. The normalized spacial score (nSPS) is 14.1. The molecule has 0 aliphatic rings. The third kappa shape index (κ3) is 12.6. The molecule has 16 heteroatoms. The Hall–Kier alpha value is -3.40. The molecule has 4 atom stereocenters. The van der Waals surface area contributed by atoms with Crippen LogP contribution < -0.4 is 33.2 Å². The monoisotopic (exact) mass is 506 g/mol. The summed E-state index contributed by atoms with van der Waals surface area (Å²) in [6.45, 7) is 0. The fourth-order valence-electron chi connectivity index (χ4n) is 2.58. The molecule has 0 heterocycles. The molecule has 0 aromatic rings. The Bertz CT molecular complexity index is 794. The number of rotatable bonds is 17. The van der Waals surface area contributed by atoms with E-state index in [9.17, 15) is 38.7 Å². The first-order valence-electron chi connectivity index (χ1n) is 9.95. The molecule has 0 aromatic heterocycles. The zero-order chi connectivity index (χ0) is 26.4. The van der Waals surface area contributed by atoms with E-state index in [0.29, 0.717) is 5.75 Å². The highest BCUT2D eigenvalue weighted by Gasteiger charge is 2.31. The maximum Gasteiger partial charge on any atom is 0.326 e. The Balaban J connectivity index is 5.55. The molecule has 15 nitrogen and oxygen atoms in total. The van der Waals surface area contributed by atoms with Crippen LogP contribution in [0.5, 0.6) is 0 Å². The van der Waals surface area contributed by atoms with E-state index >= 15 is 0 Å². The fourth-order valence-corrected chi connectivity index (χ4v) is 3.05. The molecule has 34 heavy (non-hydrogen) atoms. The molecule has 0 saturated heterocycles. The highest BCUT2D eigenvalue weighted by atomic mass is 32.2. The first kappa shape index (κ1) is 30.6.